The van der Waals surface area contributed by atoms with Crippen LogP contribution in [0, 0.1) is 17.3 Å². The molecule has 1 aliphatic heterocycles. The van der Waals surface area contributed by atoms with Crippen molar-refractivity contribution in [1.29, 1.82) is 0 Å². The predicted molar refractivity (Wildman–Crippen MR) is 132 cm³/mol. The highest BCUT2D eigenvalue weighted by atomic mass is 16.2. The summed E-state index contributed by atoms with van der Waals surface area (Å²) in [4.78, 5) is 41.0. The number of benzene rings is 1. The third kappa shape index (κ3) is 6.45. The number of nitrogens with one attached hydrogen (secondary N) is 1. The van der Waals surface area contributed by atoms with Crippen molar-refractivity contribution < 1.29 is 14.4 Å². The van der Waals surface area contributed by atoms with Crippen LogP contribution in [0.5, 0.6) is 0 Å². The summed E-state index contributed by atoms with van der Waals surface area (Å²) in [7, 11) is 0. The molecule has 3 rings (SSSR count). The molecule has 2 atom stereocenters. The van der Waals surface area contributed by atoms with Crippen LogP contribution in [-0.2, 0) is 9.59 Å². The van der Waals surface area contributed by atoms with Crippen molar-refractivity contribution in [2.24, 2.45) is 17.3 Å². The maximum absolute atomic E-state index is 13.2. The van der Waals surface area contributed by atoms with Gasteiger partial charge in [-0.1, -0.05) is 66.0 Å². The Morgan fingerprint density at radius 2 is 1.70 bits per heavy atom. The van der Waals surface area contributed by atoms with Gasteiger partial charge in [0.25, 0.3) is 5.91 Å². The Labute approximate surface area is 199 Å². The SMILES string of the molecule is CC(C)C(=O)[C@H](NC(=O)c1cccc([C@@H]2CCCN(C(=O)C(C)(C)C)C2)c1)C1CCCCC1. The van der Waals surface area contributed by atoms with E-state index < -0.39 is 6.04 Å². The van der Waals surface area contributed by atoms with E-state index in [4.69, 9.17) is 0 Å². The Morgan fingerprint density at radius 3 is 2.33 bits per heavy atom. The van der Waals surface area contributed by atoms with Crippen LogP contribution >= 0.6 is 0 Å². The monoisotopic (exact) mass is 454 g/mol. The molecule has 1 saturated heterocycles. The molecule has 1 N–H and O–H groups in total. The maximum Gasteiger partial charge on any atom is 0.251 e. The van der Waals surface area contributed by atoms with Crippen molar-refractivity contribution in [3.8, 4) is 0 Å². The Kier molecular flexibility index (Phi) is 8.36. The number of likely N-dealkylation sites (tertiary alicyclic amines) is 1. The van der Waals surface area contributed by atoms with E-state index in [9.17, 15) is 14.4 Å². The van der Waals surface area contributed by atoms with E-state index in [-0.39, 0.29) is 40.8 Å². The van der Waals surface area contributed by atoms with Gasteiger partial charge in [-0.25, -0.2) is 0 Å². The number of amides is 2. The van der Waals surface area contributed by atoms with E-state index in [0.29, 0.717) is 12.1 Å². The Balaban J connectivity index is 1.74. The zero-order valence-corrected chi connectivity index (χ0v) is 21.2. The fraction of sp³-hybridized carbons (Fsp3) is 0.679. The van der Waals surface area contributed by atoms with E-state index in [2.05, 4.69) is 11.4 Å². The van der Waals surface area contributed by atoms with Gasteiger partial charge in [-0.05, 0) is 49.3 Å². The molecule has 1 heterocycles. The second-order valence-electron chi connectivity index (χ2n) is 11.4. The lowest BCUT2D eigenvalue weighted by Gasteiger charge is -2.36. The molecule has 5 heteroatoms. The van der Waals surface area contributed by atoms with Gasteiger partial charge in [-0.2, -0.15) is 0 Å². The minimum absolute atomic E-state index is 0.0999. The summed E-state index contributed by atoms with van der Waals surface area (Å²) in [5.41, 5.74) is 1.31. The number of hydrogen-bond acceptors (Lipinski definition) is 3. The first-order valence-corrected chi connectivity index (χ1v) is 12.8. The number of nitrogens with zero attached hydrogens (tertiary/aromatic N) is 1. The average Bonchev–Trinajstić information content (AvgIpc) is 2.81. The minimum Gasteiger partial charge on any atom is -0.342 e. The quantitative estimate of drug-likeness (QED) is 0.631. The Bertz CT molecular complexity index is 849. The van der Waals surface area contributed by atoms with Crippen molar-refractivity contribution >= 4 is 17.6 Å². The van der Waals surface area contributed by atoms with E-state index in [1.165, 1.54) is 6.42 Å². The zero-order valence-electron chi connectivity index (χ0n) is 21.2. The number of carbonyl (C=O) groups is 3. The molecule has 2 fully saturated rings. The number of ketones is 1. The van der Waals surface area contributed by atoms with Crippen molar-refractivity contribution in [2.45, 2.75) is 91.5 Å². The lowest BCUT2D eigenvalue weighted by Crippen LogP contribution is -2.48. The third-order valence-electron chi connectivity index (χ3n) is 7.25. The Morgan fingerprint density at radius 1 is 1.00 bits per heavy atom. The summed E-state index contributed by atoms with van der Waals surface area (Å²) < 4.78 is 0. The first-order valence-electron chi connectivity index (χ1n) is 12.8. The number of carbonyl (C=O) groups excluding carboxylic acids is 3. The molecule has 1 aromatic rings. The molecule has 5 nitrogen and oxygen atoms in total. The molecule has 1 saturated carbocycles. The van der Waals surface area contributed by atoms with Gasteiger partial charge in [-0.15, -0.1) is 0 Å². The van der Waals surface area contributed by atoms with Crippen LogP contribution in [0.2, 0.25) is 0 Å². The third-order valence-corrected chi connectivity index (χ3v) is 7.25. The first kappa shape index (κ1) is 25.5. The molecule has 0 bridgehead atoms. The number of hydrogen-bond donors (Lipinski definition) is 1. The van der Waals surface area contributed by atoms with Crippen LogP contribution in [-0.4, -0.2) is 41.6 Å². The summed E-state index contributed by atoms with van der Waals surface area (Å²) in [5, 5.41) is 3.11. The van der Waals surface area contributed by atoms with Gasteiger partial charge in [0, 0.05) is 35.9 Å². The second-order valence-corrected chi connectivity index (χ2v) is 11.4. The predicted octanol–water partition coefficient (Wildman–Crippen LogP) is 5.34. The van der Waals surface area contributed by atoms with Crippen LogP contribution in [0.3, 0.4) is 0 Å². The molecule has 1 aromatic carbocycles. The van der Waals surface area contributed by atoms with Gasteiger partial charge in [0.15, 0.2) is 5.78 Å². The Hall–Kier alpha value is -2.17. The molecule has 2 aliphatic rings. The van der Waals surface area contributed by atoms with Crippen LogP contribution in [0.25, 0.3) is 0 Å². The number of piperidine rings is 1. The smallest absolute Gasteiger partial charge is 0.251 e. The molecule has 0 unspecified atom stereocenters. The average molecular weight is 455 g/mol. The summed E-state index contributed by atoms with van der Waals surface area (Å²) in [5.74, 6) is 0.510. The normalized spacial score (nSPS) is 21.0. The second kappa shape index (κ2) is 10.8. The van der Waals surface area contributed by atoms with E-state index in [1.54, 1.807) is 0 Å². The highest BCUT2D eigenvalue weighted by Crippen LogP contribution is 2.31. The topological polar surface area (TPSA) is 66.5 Å². The van der Waals surface area contributed by atoms with Crippen LogP contribution in [0.15, 0.2) is 24.3 Å². The van der Waals surface area contributed by atoms with E-state index in [1.807, 2.05) is 57.7 Å². The highest BCUT2D eigenvalue weighted by Gasteiger charge is 2.33. The lowest BCUT2D eigenvalue weighted by atomic mass is 9.80. The van der Waals surface area contributed by atoms with Crippen molar-refractivity contribution in [3.63, 3.8) is 0 Å². The summed E-state index contributed by atoms with van der Waals surface area (Å²) in [6.45, 7) is 11.2. The summed E-state index contributed by atoms with van der Waals surface area (Å²) in [6, 6.07) is 7.37. The molecule has 0 aromatic heterocycles. The van der Waals surface area contributed by atoms with Crippen LogP contribution < -0.4 is 5.32 Å². The molecular weight excluding hydrogens is 412 g/mol. The standard InChI is InChI=1S/C28H42N2O3/c1-19(2)25(31)24(20-11-7-6-8-12-20)29-26(32)22-14-9-13-21(17-22)23-15-10-16-30(18-23)27(33)28(3,4)5/h9,13-14,17,19-20,23-24H,6-8,10-12,15-16,18H2,1-5H3,(H,29,32)/t23-,24-/m1/s1. The van der Waals surface area contributed by atoms with Crippen LogP contribution in [0.1, 0.15) is 101 Å². The van der Waals surface area contributed by atoms with Gasteiger partial charge in [0.05, 0.1) is 6.04 Å². The van der Waals surface area contributed by atoms with Crippen LogP contribution in [0.4, 0.5) is 0 Å². The maximum atomic E-state index is 13.2. The van der Waals surface area contributed by atoms with Crippen molar-refractivity contribution in [2.75, 3.05) is 13.1 Å². The fourth-order valence-corrected chi connectivity index (χ4v) is 5.31. The zero-order chi connectivity index (χ0) is 24.2. The minimum atomic E-state index is -0.406. The summed E-state index contributed by atoms with van der Waals surface area (Å²) >= 11 is 0. The summed E-state index contributed by atoms with van der Waals surface area (Å²) in [6.07, 6.45) is 7.45. The molecule has 33 heavy (non-hydrogen) atoms. The largest absolute Gasteiger partial charge is 0.342 e. The van der Waals surface area contributed by atoms with E-state index >= 15 is 0 Å². The lowest BCUT2D eigenvalue weighted by molar-refractivity contribution is -0.140. The van der Waals surface area contributed by atoms with Crippen molar-refractivity contribution in [1.82, 2.24) is 10.2 Å². The molecule has 182 valence electrons. The van der Waals surface area contributed by atoms with Crippen molar-refractivity contribution in [3.05, 3.63) is 35.4 Å². The molecular formula is C28H42N2O3. The van der Waals surface area contributed by atoms with Gasteiger partial charge < -0.3 is 10.2 Å². The van der Waals surface area contributed by atoms with Gasteiger partial charge in [0.1, 0.15) is 0 Å². The van der Waals surface area contributed by atoms with Gasteiger partial charge in [0.2, 0.25) is 5.91 Å². The first-order chi connectivity index (χ1) is 15.6. The molecule has 1 aliphatic carbocycles. The number of rotatable bonds is 6. The molecule has 0 radical (unpaired) electrons. The number of Topliss-reactive ketones (excluding diaryl/α,β-unsaturated/α-hetero) is 1. The van der Waals surface area contributed by atoms with Gasteiger partial charge >= 0.3 is 0 Å². The fourth-order valence-electron chi connectivity index (χ4n) is 5.31. The highest BCUT2D eigenvalue weighted by molar-refractivity contribution is 5.98. The molecule has 0 spiro atoms. The van der Waals surface area contributed by atoms with E-state index in [0.717, 1.165) is 50.6 Å². The van der Waals surface area contributed by atoms with Gasteiger partial charge in [-0.3, -0.25) is 14.4 Å². The molecule has 2 amide bonds.